The van der Waals surface area contributed by atoms with E-state index in [1.807, 2.05) is 0 Å². The van der Waals surface area contributed by atoms with Gasteiger partial charge in [0.25, 0.3) is 0 Å². The second-order valence-electron chi connectivity index (χ2n) is 6.16. The van der Waals surface area contributed by atoms with Crippen LogP contribution in [-0.4, -0.2) is 36.5 Å². The lowest BCUT2D eigenvalue weighted by molar-refractivity contribution is -0.116. The molecule has 1 aliphatic carbocycles. The summed E-state index contributed by atoms with van der Waals surface area (Å²) in [6, 6.07) is 0.917. The van der Waals surface area contributed by atoms with Gasteiger partial charge in [0.15, 0.2) is 0 Å². The Balaban J connectivity index is 1.95. The van der Waals surface area contributed by atoms with Gasteiger partial charge >= 0.3 is 0 Å². The van der Waals surface area contributed by atoms with Gasteiger partial charge in [-0.3, -0.25) is 0 Å². The first kappa shape index (κ1) is 12.3. The van der Waals surface area contributed by atoms with Crippen molar-refractivity contribution in [3.05, 3.63) is 0 Å². The predicted octanol–water partition coefficient (Wildman–Crippen LogP) is 1.41. The molecule has 0 bridgehead atoms. The van der Waals surface area contributed by atoms with Gasteiger partial charge in [-0.15, -0.1) is 0 Å². The lowest BCUT2D eigenvalue weighted by Crippen LogP contribution is -2.67. The molecule has 0 spiro atoms. The average Bonchev–Trinajstić information content (AvgIpc) is 2.70. The zero-order chi connectivity index (χ0) is 11.9. The van der Waals surface area contributed by atoms with E-state index in [9.17, 15) is 0 Å². The molecule has 1 saturated carbocycles. The number of rotatable bonds is 4. The van der Waals surface area contributed by atoms with Gasteiger partial charge in [0, 0.05) is 36.6 Å². The summed E-state index contributed by atoms with van der Waals surface area (Å²) in [5.41, 5.74) is 0.241. The summed E-state index contributed by atoms with van der Waals surface area (Å²) in [7, 11) is 0. The summed E-state index contributed by atoms with van der Waals surface area (Å²) in [6.45, 7) is 10.00. The summed E-state index contributed by atoms with van der Waals surface area (Å²) < 4.78 is 5.78. The largest absolute Gasteiger partial charge is 0.396 e. The highest BCUT2D eigenvalue weighted by Gasteiger charge is 2.59. The van der Waals surface area contributed by atoms with Crippen LogP contribution in [0.1, 0.15) is 34.1 Å². The molecule has 16 heavy (non-hydrogen) atoms. The molecule has 2 fully saturated rings. The maximum Gasteiger partial charge on any atom is 0.0685 e. The van der Waals surface area contributed by atoms with Crippen molar-refractivity contribution in [3.63, 3.8) is 0 Å². The van der Waals surface area contributed by atoms with Crippen LogP contribution in [0.2, 0.25) is 0 Å². The maximum atomic E-state index is 9.16. The van der Waals surface area contributed by atoms with Crippen molar-refractivity contribution in [1.82, 2.24) is 5.32 Å². The minimum atomic E-state index is 0.241. The Morgan fingerprint density at radius 3 is 2.75 bits per heavy atom. The molecule has 2 N–H and O–H groups in total. The first-order valence-electron chi connectivity index (χ1n) is 6.47. The summed E-state index contributed by atoms with van der Waals surface area (Å²) in [6.07, 6.45) is 1.63. The molecule has 5 atom stereocenters. The van der Waals surface area contributed by atoms with E-state index in [0.29, 0.717) is 30.0 Å². The number of aliphatic hydroxyl groups is 1. The molecule has 1 saturated heterocycles. The topological polar surface area (TPSA) is 41.5 Å². The molecule has 3 heteroatoms. The maximum absolute atomic E-state index is 9.16. The fourth-order valence-corrected chi connectivity index (χ4v) is 3.27. The zero-order valence-electron chi connectivity index (χ0n) is 10.9. The van der Waals surface area contributed by atoms with Crippen LogP contribution in [0.3, 0.4) is 0 Å². The van der Waals surface area contributed by atoms with Crippen molar-refractivity contribution in [2.45, 2.75) is 52.3 Å². The van der Waals surface area contributed by atoms with Gasteiger partial charge in [-0.05, 0) is 19.3 Å². The van der Waals surface area contributed by atoms with Crippen LogP contribution >= 0.6 is 0 Å². The van der Waals surface area contributed by atoms with Gasteiger partial charge in [-0.25, -0.2) is 0 Å². The fourth-order valence-electron chi connectivity index (χ4n) is 3.27. The summed E-state index contributed by atoms with van der Waals surface area (Å²) in [5.74, 6) is 1.00. The molecule has 0 aromatic rings. The number of aliphatic hydroxyl groups excluding tert-OH is 1. The van der Waals surface area contributed by atoms with Crippen molar-refractivity contribution >= 4 is 0 Å². The van der Waals surface area contributed by atoms with E-state index < -0.39 is 0 Å². The van der Waals surface area contributed by atoms with Crippen molar-refractivity contribution in [3.8, 4) is 0 Å². The smallest absolute Gasteiger partial charge is 0.0685 e. The second-order valence-corrected chi connectivity index (χ2v) is 6.16. The Bertz CT molecular complexity index is 254. The van der Waals surface area contributed by atoms with E-state index >= 15 is 0 Å². The second kappa shape index (κ2) is 4.28. The normalized spacial score (nSPS) is 39.9. The Hall–Kier alpha value is -0.120. The summed E-state index contributed by atoms with van der Waals surface area (Å²) >= 11 is 0. The molecule has 94 valence electrons. The van der Waals surface area contributed by atoms with Crippen molar-refractivity contribution < 1.29 is 9.84 Å². The Kier molecular flexibility index (Phi) is 3.30. The average molecular weight is 227 g/mol. The molecule has 2 aliphatic rings. The minimum Gasteiger partial charge on any atom is -0.396 e. The molecule has 5 unspecified atom stereocenters. The third-order valence-corrected chi connectivity index (χ3v) is 4.68. The predicted molar refractivity (Wildman–Crippen MR) is 64.3 cm³/mol. The summed E-state index contributed by atoms with van der Waals surface area (Å²) in [4.78, 5) is 0. The van der Waals surface area contributed by atoms with Crippen molar-refractivity contribution in [2.24, 2.45) is 17.3 Å². The minimum absolute atomic E-state index is 0.241. The molecule has 0 aromatic heterocycles. The molecule has 1 heterocycles. The number of ether oxygens (including phenoxy) is 1. The highest BCUT2D eigenvalue weighted by atomic mass is 16.5. The molecule has 0 radical (unpaired) electrons. The first-order chi connectivity index (χ1) is 7.48. The van der Waals surface area contributed by atoms with Gasteiger partial charge < -0.3 is 15.2 Å². The monoisotopic (exact) mass is 227 g/mol. The lowest BCUT2D eigenvalue weighted by atomic mass is 9.57. The Morgan fingerprint density at radius 1 is 1.44 bits per heavy atom. The molecular weight excluding hydrogens is 202 g/mol. The van der Waals surface area contributed by atoms with E-state index in [4.69, 9.17) is 9.84 Å². The quantitative estimate of drug-likeness (QED) is 0.763. The summed E-state index contributed by atoms with van der Waals surface area (Å²) in [5, 5.41) is 12.9. The molecule has 1 aliphatic heterocycles. The highest BCUT2D eigenvalue weighted by Crippen LogP contribution is 2.52. The van der Waals surface area contributed by atoms with Gasteiger partial charge in [-0.1, -0.05) is 20.8 Å². The first-order valence-corrected chi connectivity index (χ1v) is 6.47. The van der Waals surface area contributed by atoms with Gasteiger partial charge in [0.1, 0.15) is 0 Å². The van der Waals surface area contributed by atoms with Crippen LogP contribution in [0.5, 0.6) is 0 Å². The number of hydrogen-bond acceptors (Lipinski definition) is 3. The standard InChI is InChI=1S/C13H25NO2/c1-8(7-15)9(2)14-11-10-5-6-16-12(10)13(11,3)4/h8-12,14-15H,5-7H2,1-4H3. The number of nitrogens with one attached hydrogen (secondary N) is 1. The zero-order valence-corrected chi connectivity index (χ0v) is 10.9. The van der Waals surface area contributed by atoms with Crippen molar-refractivity contribution in [2.75, 3.05) is 13.2 Å². The third-order valence-electron chi connectivity index (χ3n) is 4.68. The van der Waals surface area contributed by atoms with Crippen LogP contribution in [-0.2, 0) is 4.74 Å². The molecule has 0 amide bonds. The highest BCUT2D eigenvalue weighted by molar-refractivity contribution is 5.11. The van der Waals surface area contributed by atoms with Gasteiger partial charge in [0.05, 0.1) is 6.10 Å². The number of hydrogen-bond donors (Lipinski definition) is 2. The lowest BCUT2D eigenvalue weighted by Gasteiger charge is -2.56. The van der Waals surface area contributed by atoms with Crippen molar-refractivity contribution in [1.29, 1.82) is 0 Å². The van der Waals surface area contributed by atoms with Crippen LogP contribution < -0.4 is 5.32 Å². The molecule has 0 aromatic carbocycles. The van der Waals surface area contributed by atoms with Crippen LogP contribution in [0.4, 0.5) is 0 Å². The molecule has 3 nitrogen and oxygen atoms in total. The van der Waals surface area contributed by atoms with E-state index in [-0.39, 0.29) is 12.0 Å². The van der Waals surface area contributed by atoms with E-state index in [1.165, 1.54) is 6.42 Å². The third kappa shape index (κ3) is 1.79. The van der Waals surface area contributed by atoms with E-state index in [0.717, 1.165) is 6.61 Å². The fraction of sp³-hybridized carbons (Fsp3) is 1.00. The Labute approximate surface area is 98.6 Å². The molecular formula is C13H25NO2. The van der Waals surface area contributed by atoms with Gasteiger partial charge in [0.2, 0.25) is 0 Å². The van der Waals surface area contributed by atoms with E-state index in [1.54, 1.807) is 0 Å². The Morgan fingerprint density at radius 2 is 2.12 bits per heavy atom. The SMILES string of the molecule is CC(CO)C(C)NC1C2CCOC2C1(C)C. The molecule has 2 rings (SSSR count). The van der Waals surface area contributed by atoms with Gasteiger partial charge in [-0.2, -0.15) is 0 Å². The van der Waals surface area contributed by atoms with Crippen LogP contribution in [0.15, 0.2) is 0 Å². The van der Waals surface area contributed by atoms with Crippen LogP contribution in [0, 0.1) is 17.3 Å². The number of fused-ring (bicyclic) bond motifs is 1. The van der Waals surface area contributed by atoms with Crippen LogP contribution in [0.25, 0.3) is 0 Å². The van der Waals surface area contributed by atoms with E-state index in [2.05, 4.69) is 33.0 Å².